The van der Waals surface area contributed by atoms with Gasteiger partial charge in [0.15, 0.2) is 5.78 Å². The molecule has 1 saturated carbocycles. The van der Waals surface area contributed by atoms with Crippen molar-refractivity contribution >= 4 is 16.7 Å². The standard InChI is InChI=1S/C13H12FNO/c1-8(16)10-7-15(9-5-6-9)12-4-2-3-11(14)13(10)12/h2-4,7,9H,5-6H2,1H3. The molecule has 82 valence electrons. The van der Waals surface area contributed by atoms with Gasteiger partial charge in [-0.05, 0) is 31.9 Å². The fraction of sp³-hybridized carbons (Fsp3) is 0.308. The van der Waals surface area contributed by atoms with E-state index in [9.17, 15) is 9.18 Å². The number of hydrogen-bond acceptors (Lipinski definition) is 1. The summed E-state index contributed by atoms with van der Waals surface area (Å²) < 4.78 is 15.8. The predicted octanol–water partition coefficient (Wildman–Crippen LogP) is 3.32. The van der Waals surface area contributed by atoms with Crippen molar-refractivity contribution in [1.29, 1.82) is 0 Å². The predicted molar refractivity (Wildman–Crippen MR) is 60.2 cm³/mol. The van der Waals surface area contributed by atoms with Crippen LogP contribution in [0.3, 0.4) is 0 Å². The third-order valence-corrected chi connectivity index (χ3v) is 3.13. The molecule has 0 saturated heterocycles. The molecule has 1 aliphatic carbocycles. The second-order valence-electron chi connectivity index (χ2n) is 4.37. The highest BCUT2D eigenvalue weighted by molar-refractivity contribution is 6.07. The molecule has 1 aromatic heterocycles. The van der Waals surface area contributed by atoms with Crippen LogP contribution in [0.2, 0.25) is 0 Å². The summed E-state index contributed by atoms with van der Waals surface area (Å²) in [5.41, 5.74) is 1.34. The smallest absolute Gasteiger partial charge is 0.162 e. The van der Waals surface area contributed by atoms with Gasteiger partial charge in [-0.25, -0.2) is 4.39 Å². The summed E-state index contributed by atoms with van der Waals surface area (Å²) in [5, 5.41) is 0.474. The largest absolute Gasteiger partial charge is 0.344 e. The van der Waals surface area contributed by atoms with E-state index in [1.807, 2.05) is 10.6 Å². The van der Waals surface area contributed by atoms with Crippen molar-refractivity contribution in [3.8, 4) is 0 Å². The van der Waals surface area contributed by atoms with Gasteiger partial charge >= 0.3 is 0 Å². The molecule has 0 bridgehead atoms. The number of Topliss-reactive ketones (excluding diaryl/α,β-unsaturated/α-hetero) is 1. The van der Waals surface area contributed by atoms with Crippen LogP contribution >= 0.6 is 0 Å². The first-order valence-electron chi connectivity index (χ1n) is 5.48. The van der Waals surface area contributed by atoms with Crippen LogP contribution in [-0.4, -0.2) is 10.4 Å². The molecule has 0 N–H and O–H groups in total. The minimum Gasteiger partial charge on any atom is -0.344 e. The van der Waals surface area contributed by atoms with Gasteiger partial charge in [-0.3, -0.25) is 4.79 Å². The van der Waals surface area contributed by atoms with Crippen molar-refractivity contribution in [1.82, 2.24) is 4.57 Å². The lowest BCUT2D eigenvalue weighted by Gasteiger charge is -2.01. The zero-order chi connectivity index (χ0) is 11.3. The molecule has 2 aromatic rings. The molecule has 0 radical (unpaired) electrons. The van der Waals surface area contributed by atoms with Crippen molar-refractivity contribution in [2.75, 3.05) is 0 Å². The monoisotopic (exact) mass is 217 g/mol. The Bertz CT molecular complexity index is 581. The minimum atomic E-state index is -0.304. The second kappa shape index (κ2) is 3.17. The molecule has 1 aromatic carbocycles. The lowest BCUT2D eigenvalue weighted by Crippen LogP contribution is -1.91. The first kappa shape index (κ1) is 9.58. The van der Waals surface area contributed by atoms with Gasteiger partial charge in [0, 0.05) is 23.2 Å². The van der Waals surface area contributed by atoms with Gasteiger partial charge in [-0.15, -0.1) is 0 Å². The average Bonchev–Trinajstić information content (AvgIpc) is 2.99. The normalized spacial score (nSPS) is 15.6. The van der Waals surface area contributed by atoms with Crippen molar-refractivity contribution in [3.63, 3.8) is 0 Å². The number of carbonyl (C=O) groups is 1. The van der Waals surface area contributed by atoms with E-state index in [0.717, 1.165) is 18.4 Å². The van der Waals surface area contributed by atoms with Crippen LogP contribution in [0.25, 0.3) is 10.9 Å². The summed E-state index contributed by atoms with van der Waals surface area (Å²) in [6, 6.07) is 5.44. The molecule has 3 heteroatoms. The number of aromatic nitrogens is 1. The van der Waals surface area contributed by atoms with E-state index in [4.69, 9.17) is 0 Å². The maximum atomic E-state index is 13.7. The molecule has 0 unspecified atom stereocenters. The maximum absolute atomic E-state index is 13.7. The average molecular weight is 217 g/mol. The van der Waals surface area contributed by atoms with Crippen molar-refractivity contribution in [2.24, 2.45) is 0 Å². The Hall–Kier alpha value is -1.64. The summed E-state index contributed by atoms with van der Waals surface area (Å²) in [6.45, 7) is 1.48. The van der Waals surface area contributed by atoms with E-state index in [1.165, 1.54) is 13.0 Å². The number of benzene rings is 1. The molecule has 0 aliphatic heterocycles. The fourth-order valence-corrected chi connectivity index (χ4v) is 2.19. The lowest BCUT2D eigenvalue weighted by atomic mass is 10.1. The highest BCUT2D eigenvalue weighted by Crippen LogP contribution is 2.39. The topological polar surface area (TPSA) is 22.0 Å². The lowest BCUT2D eigenvalue weighted by molar-refractivity contribution is 0.101. The Morgan fingerprint density at radius 2 is 2.19 bits per heavy atom. The molecule has 0 amide bonds. The minimum absolute atomic E-state index is 0.0745. The molecule has 1 aliphatic rings. The number of rotatable bonds is 2. The van der Waals surface area contributed by atoms with Crippen molar-refractivity contribution < 1.29 is 9.18 Å². The van der Waals surface area contributed by atoms with Crippen LogP contribution in [0.15, 0.2) is 24.4 Å². The quantitative estimate of drug-likeness (QED) is 0.707. The summed E-state index contributed by atoms with van der Waals surface area (Å²) in [4.78, 5) is 11.5. The van der Waals surface area contributed by atoms with Gasteiger partial charge in [0.25, 0.3) is 0 Å². The number of ketones is 1. The van der Waals surface area contributed by atoms with Gasteiger partial charge < -0.3 is 4.57 Å². The van der Waals surface area contributed by atoms with Crippen molar-refractivity contribution in [3.05, 3.63) is 35.8 Å². The van der Waals surface area contributed by atoms with Crippen LogP contribution < -0.4 is 0 Å². The molecule has 16 heavy (non-hydrogen) atoms. The SMILES string of the molecule is CC(=O)c1cn(C2CC2)c2cccc(F)c12. The van der Waals surface area contributed by atoms with Gasteiger partial charge in [0.2, 0.25) is 0 Å². The summed E-state index contributed by atoms with van der Waals surface area (Å²) >= 11 is 0. The molecule has 1 fully saturated rings. The molecule has 2 nitrogen and oxygen atoms in total. The molecule has 0 atom stereocenters. The Morgan fingerprint density at radius 1 is 1.44 bits per heavy atom. The number of nitrogens with zero attached hydrogens (tertiary/aromatic N) is 1. The van der Waals surface area contributed by atoms with Crippen molar-refractivity contribution in [2.45, 2.75) is 25.8 Å². The first-order chi connectivity index (χ1) is 7.68. The summed E-state index contributed by atoms with van der Waals surface area (Å²) in [5.74, 6) is -0.378. The Labute approximate surface area is 92.7 Å². The molecular weight excluding hydrogens is 205 g/mol. The zero-order valence-corrected chi connectivity index (χ0v) is 9.03. The van der Waals surface area contributed by atoms with Gasteiger partial charge in [-0.2, -0.15) is 0 Å². The van der Waals surface area contributed by atoms with E-state index in [-0.39, 0.29) is 11.6 Å². The molecular formula is C13H12FNO. The van der Waals surface area contributed by atoms with E-state index in [0.29, 0.717) is 17.0 Å². The van der Waals surface area contributed by atoms with Crippen LogP contribution in [0.4, 0.5) is 4.39 Å². The van der Waals surface area contributed by atoms with E-state index in [1.54, 1.807) is 12.3 Å². The number of carbonyl (C=O) groups excluding carboxylic acids is 1. The highest BCUT2D eigenvalue weighted by Gasteiger charge is 2.27. The van der Waals surface area contributed by atoms with Gasteiger partial charge in [0.1, 0.15) is 5.82 Å². The van der Waals surface area contributed by atoms with E-state index < -0.39 is 0 Å². The zero-order valence-electron chi connectivity index (χ0n) is 9.03. The van der Waals surface area contributed by atoms with Crippen LogP contribution in [-0.2, 0) is 0 Å². The first-order valence-corrected chi connectivity index (χ1v) is 5.48. The second-order valence-corrected chi connectivity index (χ2v) is 4.37. The maximum Gasteiger partial charge on any atom is 0.162 e. The number of hydrogen-bond donors (Lipinski definition) is 0. The van der Waals surface area contributed by atoms with E-state index >= 15 is 0 Å². The molecule has 3 rings (SSSR count). The number of fused-ring (bicyclic) bond motifs is 1. The Kier molecular flexibility index (Phi) is 1.90. The molecule has 0 spiro atoms. The number of halogens is 1. The van der Waals surface area contributed by atoms with Gasteiger partial charge in [-0.1, -0.05) is 6.07 Å². The van der Waals surface area contributed by atoms with Crippen LogP contribution in [0, 0.1) is 5.82 Å². The molecule has 1 heterocycles. The highest BCUT2D eigenvalue weighted by atomic mass is 19.1. The fourth-order valence-electron chi connectivity index (χ4n) is 2.19. The Morgan fingerprint density at radius 3 is 2.81 bits per heavy atom. The third kappa shape index (κ3) is 1.28. The van der Waals surface area contributed by atoms with E-state index in [2.05, 4.69) is 0 Å². The Balaban J connectivity index is 2.37. The van der Waals surface area contributed by atoms with Gasteiger partial charge in [0.05, 0.1) is 5.52 Å². The third-order valence-electron chi connectivity index (χ3n) is 3.13. The summed E-state index contributed by atoms with van der Waals surface area (Å²) in [7, 11) is 0. The van der Waals surface area contributed by atoms with Crippen LogP contribution in [0.1, 0.15) is 36.2 Å². The summed E-state index contributed by atoms with van der Waals surface area (Å²) in [6.07, 6.45) is 4.04. The van der Waals surface area contributed by atoms with Crippen LogP contribution in [0.5, 0.6) is 0 Å².